The van der Waals surface area contributed by atoms with Crippen molar-refractivity contribution in [3.05, 3.63) is 11.6 Å². The topological polar surface area (TPSA) is 21.3 Å². The van der Waals surface area contributed by atoms with E-state index in [2.05, 4.69) is 25.2 Å². The maximum Gasteiger partial charge on any atom is 0.0792 e. The lowest BCUT2D eigenvalue weighted by Gasteiger charge is -2.31. The van der Waals surface area contributed by atoms with Gasteiger partial charge in [-0.05, 0) is 51.0 Å². The number of hydrogen-bond donors (Lipinski definition) is 1. The molecule has 2 heteroatoms. The molecule has 1 aliphatic heterocycles. The summed E-state index contributed by atoms with van der Waals surface area (Å²) >= 11 is 0. The third-order valence-corrected chi connectivity index (χ3v) is 4.11. The van der Waals surface area contributed by atoms with E-state index in [1.54, 1.807) is 5.57 Å². The maximum atomic E-state index is 5.97. The van der Waals surface area contributed by atoms with E-state index in [1.165, 1.54) is 38.5 Å². The van der Waals surface area contributed by atoms with Gasteiger partial charge in [-0.3, -0.25) is 0 Å². The van der Waals surface area contributed by atoms with E-state index in [1.807, 2.05) is 0 Å². The summed E-state index contributed by atoms with van der Waals surface area (Å²) in [7, 11) is 0. The molecule has 2 rings (SSSR count). The fourth-order valence-corrected chi connectivity index (χ4v) is 3.05. The van der Waals surface area contributed by atoms with Crippen LogP contribution in [0.5, 0.6) is 0 Å². The van der Waals surface area contributed by atoms with Gasteiger partial charge in [0.2, 0.25) is 0 Å². The Balaban J connectivity index is 2.03. The summed E-state index contributed by atoms with van der Waals surface area (Å²) in [5.41, 5.74) is 1.61. The van der Waals surface area contributed by atoms with Gasteiger partial charge in [0.1, 0.15) is 0 Å². The summed E-state index contributed by atoms with van der Waals surface area (Å²) in [6.45, 7) is 6.62. The summed E-state index contributed by atoms with van der Waals surface area (Å²) in [5, 5.41) is 3.72. The van der Waals surface area contributed by atoms with Gasteiger partial charge < -0.3 is 10.1 Å². The van der Waals surface area contributed by atoms with Gasteiger partial charge in [-0.2, -0.15) is 0 Å². The van der Waals surface area contributed by atoms with E-state index in [0.29, 0.717) is 18.1 Å². The first-order valence-electron chi connectivity index (χ1n) is 7.37. The van der Waals surface area contributed by atoms with Crippen molar-refractivity contribution in [3.8, 4) is 0 Å². The van der Waals surface area contributed by atoms with Crippen LogP contribution in [0, 0.1) is 5.92 Å². The largest absolute Gasteiger partial charge is 0.376 e. The second-order valence-electron chi connectivity index (χ2n) is 5.56. The van der Waals surface area contributed by atoms with Gasteiger partial charge in [-0.1, -0.05) is 25.5 Å². The van der Waals surface area contributed by atoms with Crippen molar-refractivity contribution in [2.45, 2.75) is 64.5 Å². The molecule has 0 spiro atoms. The van der Waals surface area contributed by atoms with Crippen LogP contribution in [-0.4, -0.2) is 25.3 Å². The molecule has 0 radical (unpaired) electrons. The van der Waals surface area contributed by atoms with E-state index in [4.69, 9.17) is 4.74 Å². The first-order chi connectivity index (χ1) is 8.33. The molecule has 1 heterocycles. The third kappa shape index (κ3) is 3.32. The molecule has 3 unspecified atom stereocenters. The molecule has 0 saturated carbocycles. The van der Waals surface area contributed by atoms with E-state index in [9.17, 15) is 0 Å². The minimum Gasteiger partial charge on any atom is -0.376 e. The lowest BCUT2D eigenvalue weighted by Crippen LogP contribution is -2.44. The first kappa shape index (κ1) is 13.1. The average molecular weight is 237 g/mol. The lowest BCUT2D eigenvalue weighted by molar-refractivity contribution is 0.0698. The fraction of sp³-hybridized carbons (Fsp3) is 0.867. The predicted molar refractivity (Wildman–Crippen MR) is 72.2 cm³/mol. The van der Waals surface area contributed by atoms with Gasteiger partial charge >= 0.3 is 0 Å². The molecule has 0 amide bonds. The van der Waals surface area contributed by atoms with Crippen LogP contribution in [0.3, 0.4) is 0 Å². The van der Waals surface area contributed by atoms with Crippen LogP contribution in [0.15, 0.2) is 11.6 Å². The molecule has 3 atom stereocenters. The molecule has 0 bridgehead atoms. The third-order valence-electron chi connectivity index (χ3n) is 4.11. The number of nitrogens with one attached hydrogen (secondary N) is 1. The summed E-state index contributed by atoms with van der Waals surface area (Å²) < 4.78 is 5.97. The SMILES string of the molecule is CCCNC(C1=CCCCC1)C1OCCC1C. The quantitative estimate of drug-likeness (QED) is 0.741. The van der Waals surface area contributed by atoms with Crippen molar-refractivity contribution >= 4 is 0 Å². The van der Waals surface area contributed by atoms with E-state index in [0.717, 1.165) is 13.2 Å². The molecule has 2 nitrogen and oxygen atoms in total. The number of rotatable bonds is 5. The Bertz CT molecular complexity index is 262. The average Bonchev–Trinajstić information content (AvgIpc) is 2.78. The Morgan fingerprint density at radius 2 is 2.35 bits per heavy atom. The zero-order chi connectivity index (χ0) is 12.1. The minimum atomic E-state index is 0.408. The summed E-state index contributed by atoms with van der Waals surface area (Å²) in [4.78, 5) is 0. The van der Waals surface area contributed by atoms with Gasteiger partial charge in [0.25, 0.3) is 0 Å². The maximum absolute atomic E-state index is 5.97. The highest BCUT2D eigenvalue weighted by atomic mass is 16.5. The van der Waals surface area contributed by atoms with Crippen molar-refractivity contribution < 1.29 is 4.74 Å². The van der Waals surface area contributed by atoms with Crippen molar-refractivity contribution in [1.82, 2.24) is 5.32 Å². The zero-order valence-electron chi connectivity index (χ0n) is 11.4. The van der Waals surface area contributed by atoms with Crippen molar-refractivity contribution in [2.24, 2.45) is 5.92 Å². The Morgan fingerprint density at radius 3 is 2.94 bits per heavy atom. The van der Waals surface area contributed by atoms with Crippen LogP contribution in [0.25, 0.3) is 0 Å². The highest BCUT2D eigenvalue weighted by Crippen LogP contribution is 2.30. The molecular weight excluding hydrogens is 210 g/mol. The Morgan fingerprint density at radius 1 is 1.47 bits per heavy atom. The molecule has 1 aliphatic carbocycles. The van der Waals surface area contributed by atoms with Crippen LogP contribution >= 0.6 is 0 Å². The highest BCUT2D eigenvalue weighted by Gasteiger charge is 2.33. The molecule has 0 aromatic heterocycles. The molecular formula is C15H27NO. The number of ether oxygens (including phenoxy) is 1. The lowest BCUT2D eigenvalue weighted by atomic mass is 9.86. The summed E-state index contributed by atoms with van der Waals surface area (Å²) in [5.74, 6) is 0.701. The minimum absolute atomic E-state index is 0.408. The molecule has 1 fully saturated rings. The Kier molecular flexibility index (Phi) is 5.05. The fourth-order valence-electron chi connectivity index (χ4n) is 3.05. The van der Waals surface area contributed by atoms with Crippen LogP contribution in [0.1, 0.15) is 52.4 Å². The van der Waals surface area contributed by atoms with Crippen LogP contribution in [0.2, 0.25) is 0 Å². The number of hydrogen-bond acceptors (Lipinski definition) is 2. The van der Waals surface area contributed by atoms with Gasteiger partial charge in [-0.15, -0.1) is 0 Å². The monoisotopic (exact) mass is 237 g/mol. The van der Waals surface area contributed by atoms with Crippen molar-refractivity contribution in [3.63, 3.8) is 0 Å². The molecule has 0 aromatic rings. The van der Waals surface area contributed by atoms with Crippen molar-refractivity contribution in [1.29, 1.82) is 0 Å². The molecule has 1 N–H and O–H groups in total. The standard InChI is InChI=1S/C15H27NO/c1-3-10-16-14(13-7-5-4-6-8-13)15-12(2)9-11-17-15/h7,12,14-16H,3-6,8-11H2,1-2H3. The number of allylic oxidation sites excluding steroid dienone is 1. The van der Waals surface area contributed by atoms with Crippen LogP contribution in [0.4, 0.5) is 0 Å². The van der Waals surface area contributed by atoms with E-state index < -0.39 is 0 Å². The summed E-state index contributed by atoms with van der Waals surface area (Å²) in [6.07, 6.45) is 10.6. The predicted octanol–water partition coefficient (Wildman–Crippen LogP) is 3.28. The first-order valence-corrected chi connectivity index (χ1v) is 7.37. The van der Waals surface area contributed by atoms with Crippen LogP contribution < -0.4 is 5.32 Å². The van der Waals surface area contributed by atoms with Crippen LogP contribution in [-0.2, 0) is 4.74 Å². The van der Waals surface area contributed by atoms with Crippen molar-refractivity contribution in [2.75, 3.05) is 13.2 Å². The molecule has 98 valence electrons. The van der Waals surface area contributed by atoms with Gasteiger partial charge in [0.05, 0.1) is 12.1 Å². The summed E-state index contributed by atoms with van der Waals surface area (Å²) in [6, 6.07) is 0.479. The normalized spacial score (nSPS) is 31.3. The Hall–Kier alpha value is -0.340. The smallest absolute Gasteiger partial charge is 0.0792 e. The molecule has 17 heavy (non-hydrogen) atoms. The zero-order valence-corrected chi connectivity index (χ0v) is 11.4. The molecule has 2 aliphatic rings. The second kappa shape index (κ2) is 6.55. The van der Waals surface area contributed by atoms with E-state index in [-0.39, 0.29) is 0 Å². The second-order valence-corrected chi connectivity index (χ2v) is 5.56. The molecule has 1 saturated heterocycles. The van der Waals surface area contributed by atoms with Gasteiger partial charge in [-0.25, -0.2) is 0 Å². The highest BCUT2D eigenvalue weighted by molar-refractivity contribution is 5.16. The van der Waals surface area contributed by atoms with Gasteiger partial charge in [0, 0.05) is 6.61 Å². The van der Waals surface area contributed by atoms with Gasteiger partial charge in [0.15, 0.2) is 0 Å². The molecule has 0 aromatic carbocycles. The van der Waals surface area contributed by atoms with E-state index >= 15 is 0 Å². The Labute approximate surface area is 106 Å².